The lowest BCUT2D eigenvalue weighted by atomic mass is 10.3. The zero-order valence-electron chi connectivity index (χ0n) is 7.35. The fourth-order valence-electron chi connectivity index (χ4n) is 1.01. The van der Waals surface area contributed by atoms with E-state index in [0.29, 0.717) is 5.69 Å². The molecule has 1 aromatic rings. The lowest BCUT2D eigenvalue weighted by Crippen LogP contribution is -2.33. The fourth-order valence-corrected chi connectivity index (χ4v) is 1.15. The number of nitrogens with zero attached hydrogens (tertiary/aromatic N) is 2. The molecule has 0 fully saturated rings. The first-order valence-electron chi connectivity index (χ1n) is 3.84. The second-order valence-electron chi connectivity index (χ2n) is 2.84. The third kappa shape index (κ3) is 2.19. The molecule has 0 aromatic carbocycles. The van der Waals surface area contributed by atoms with Gasteiger partial charge in [-0.15, -0.1) is 0 Å². The standard InChI is InChI=1S/C7H9ClF3N3/c1-4-5(8)3-14(13-4)6(2-12)7(9,10)11/h3,6H,2,12H2,1H3. The Hall–Kier alpha value is -0.750. The maximum absolute atomic E-state index is 12.4. The Kier molecular flexibility index (Phi) is 3.06. The van der Waals surface area contributed by atoms with E-state index in [0.717, 1.165) is 10.9 Å². The lowest BCUT2D eigenvalue weighted by Gasteiger charge is -2.18. The summed E-state index contributed by atoms with van der Waals surface area (Å²) in [5, 5.41) is 3.83. The van der Waals surface area contributed by atoms with Gasteiger partial charge in [0.05, 0.1) is 10.7 Å². The Morgan fingerprint density at radius 2 is 2.21 bits per heavy atom. The zero-order valence-corrected chi connectivity index (χ0v) is 8.10. The molecule has 1 heterocycles. The summed E-state index contributed by atoms with van der Waals surface area (Å²) >= 11 is 5.59. The number of hydrogen-bond acceptors (Lipinski definition) is 2. The van der Waals surface area contributed by atoms with E-state index < -0.39 is 18.8 Å². The van der Waals surface area contributed by atoms with Gasteiger partial charge in [-0.25, -0.2) is 0 Å². The van der Waals surface area contributed by atoms with Gasteiger partial charge in [-0.2, -0.15) is 18.3 Å². The molecule has 0 aliphatic rings. The maximum Gasteiger partial charge on any atom is 0.412 e. The van der Waals surface area contributed by atoms with Crippen LogP contribution in [0.2, 0.25) is 5.02 Å². The highest BCUT2D eigenvalue weighted by molar-refractivity contribution is 6.31. The quantitative estimate of drug-likeness (QED) is 0.839. The molecule has 0 bridgehead atoms. The van der Waals surface area contributed by atoms with E-state index >= 15 is 0 Å². The minimum Gasteiger partial charge on any atom is -0.328 e. The Labute approximate surface area is 83.6 Å². The van der Waals surface area contributed by atoms with E-state index in [1.807, 2.05) is 0 Å². The van der Waals surface area contributed by atoms with Gasteiger partial charge in [0.25, 0.3) is 0 Å². The summed E-state index contributed by atoms with van der Waals surface area (Å²) in [5.41, 5.74) is 5.38. The molecule has 0 aliphatic carbocycles. The van der Waals surface area contributed by atoms with Crippen molar-refractivity contribution in [2.24, 2.45) is 5.73 Å². The summed E-state index contributed by atoms with van der Waals surface area (Å²) in [5.74, 6) is 0. The van der Waals surface area contributed by atoms with Crippen LogP contribution in [-0.2, 0) is 0 Å². The van der Waals surface area contributed by atoms with Crippen LogP contribution in [-0.4, -0.2) is 22.5 Å². The van der Waals surface area contributed by atoms with Crippen LogP contribution in [0.25, 0.3) is 0 Å². The van der Waals surface area contributed by atoms with Gasteiger partial charge in [0.15, 0.2) is 6.04 Å². The van der Waals surface area contributed by atoms with Crippen molar-refractivity contribution in [1.82, 2.24) is 9.78 Å². The van der Waals surface area contributed by atoms with Crippen molar-refractivity contribution in [1.29, 1.82) is 0 Å². The topological polar surface area (TPSA) is 43.8 Å². The van der Waals surface area contributed by atoms with Crippen LogP contribution < -0.4 is 5.73 Å². The van der Waals surface area contributed by atoms with Gasteiger partial charge in [-0.05, 0) is 6.92 Å². The molecule has 0 spiro atoms. The van der Waals surface area contributed by atoms with Crippen LogP contribution in [0.4, 0.5) is 13.2 Å². The van der Waals surface area contributed by atoms with Gasteiger partial charge >= 0.3 is 6.18 Å². The SMILES string of the molecule is Cc1nn(C(CN)C(F)(F)F)cc1Cl. The third-order valence-electron chi connectivity index (χ3n) is 1.78. The van der Waals surface area contributed by atoms with Gasteiger partial charge in [-0.3, -0.25) is 4.68 Å². The van der Waals surface area contributed by atoms with Crippen LogP contribution in [0.3, 0.4) is 0 Å². The third-order valence-corrected chi connectivity index (χ3v) is 2.15. The van der Waals surface area contributed by atoms with Crippen molar-refractivity contribution in [3.8, 4) is 0 Å². The largest absolute Gasteiger partial charge is 0.412 e. The van der Waals surface area contributed by atoms with Gasteiger partial charge in [-0.1, -0.05) is 11.6 Å². The predicted octanol–water partition coefficient (Wildman–Crippen LogP) is 1.91. The molecule has 0 saturated carbocycles. The van der Waals surface area contributed by atoms with Crippen LogP contribution in [0, 0.1) is 6.92 Å². The second kappa shape index (κ2) is 3.78. The monoisotopic (exact) mass is 227 g/mol. The summed E-state index contributed by atoms with van der Waals surface area (Å²) in [6.45, 7) is 0.976. The Balaban J connectivity index is 3.01. The smallest absolute Gasteiger partial charge is 0.328 e. The number of halogens is 4. The Morgan fingerprint density at radius 1 is 1.64 bits per heavy atom. The van der Waals surface area contributed by atoms with Crippen molar-refractivity contribution in [3.05, 3.63) is 16.9 Å². The number of aromatic nitrogens is 2. The van der Waals surface area contributed by atoms with E-state index in [9.17, 15) is 13.2 Å². The molecule has 2 N–H and O–H groups in total. The van der Waals surface area contributed by atoms with Gasteiger partial charge in [0.1, 0.15) is 0 Å². The lowest BCUT2D eigenvalue weighted by molar-refractivity contribution is -0.167. The molecule has 1 unspecified atom stereocenters. The van der Waals surface area contributed by atoms with Crippen molar-refractivity contribution < 1.29 is 13.2 Å². The minimum atomic E-state index is -4.41. The number of rotatable bonds is 2. The first kappa shape index (κ1) is 11.3. The first-order valence-corrected chi connectivity index (χ1v) is 4.22. The van der Waals surface area contributed by atoms with Crippen LogP contribution >= 0.6 is 11.6 Å². The molecule has 14 heavy (non-hydrogen) atoms. The summed E-state index contributed by atoms with van der Waals surface area (Å²) < 4.78 is 37.8. The van der Waals surface area contributed by atoms with E-state index in [-0.39, 0.29) is 5.02 Å². The molecule has 1 rings (SSSR count). The van der Waals surface area contributed by atoms with Crippen molar-refractivity contribution in [2.75, 3.05) is 6.54 Å². The van der Waals surface area contributed by atoms with E-state index in [1.54, 1.807) is 0 Å². The molecular formula is C7H9ClF3N3. The predicted molar refractivity (Wildman–Crippen MR) is 46.1 cm³/mol. The molecule has 7 heteroatoms. The van der Waals surface area contributed by atoms with Crippen molar-refractivity contribution >= 4 is 11.6 Å². The molecule has 80 valence electrons. The molecule has 3 nitrogen and oxygen atoms in total. The average molecular weight is 228 g/mol. The van der Waals surface area contributed by atoms with Crippen molar-refractivity contribution in [2.45, 2.75) is 19.1 Å². The molecular weight excluding hydrogens is 219 g/mol. The molecule has 0 saturated heterocycles. The number of hydrogen-bond donors (Lipinski definition) is 1. The normalized spacial score (nSPS) is 14.4. The van der Waals surface area contributed by atoms with Crippen LogP contribution in [0.15, 0.2) is 6.20 Å². The van der Waals surface area contributed by atoms with E-state index in [4.69, 9.17) is 17.3 Å². The highest BCUT2D eigenvalue weighted by atomic mass is 35.5. The Bertz CT molecular complexity index is 301. The van der Waals surface area contributed by atoms with Gasteiger partial charge in [0.2, 0.25) is 0 Å². The summed E-state index contributed by atoms with van der Waals surface area (Å²) in [6, 6.07) is -1.81. The second-order valence-corrected chi connectivity index (χ2v) is 3.24. The summed E-state index contributed by atoms with van der Waals surface area (Å²) in [6.07, 6.45) is -3.28. The molecule has 1 atom stereocenters. The van der Waals surface area contributed by atoms with Gasteiger partial charge in [0, 0.05) is 12.7 Å². The highest BCUT2D eigenvalue weighted by Gasteiger charge is 2.40. The molecule has 0 radical (unpaired) electrons. The molecule has 0 amide bonds. The number of nitrogens with two attached hydrogens (primary N) is 1. The number of aryl methyl sites for hydroxylation is 1. The maximum atomic E-state index is 12.4. The highest BCUT2D eigenvalue weighted by Crippen LogP contribution is 2.30. The van der Waals surface area contributed by atoms with Crippen LogP contribution in [0.1, 0.15) is 11.7 Å². The van der Waals surface area contributed by atoms with E-state index in [1.165, 1.54) is 6.92 Å². The molecule has 1 aromatic heterocycles. The Morgan fingerprint density at radius 3 is 2.50 bits per heavy atom. The fraction of sp³-hybridized carbons (Fsp3) is 0.571. The van der Waals surface area contributed by atoms with Crippen molar-refractivity contribution in [3.63, 3.8) is 0 Å². The zero-order chi connectivity index (χ0) is 10.9. The first-order chi connectivity index (χ1) is 6.36. The van der Waals surface area contributed by atoms with Gasteiger partial charge < -0.3 is 5.73 Å². The summed E-state index contributed by atoms with van der Waals surface area (Å²) in [7, 11) is 0. The average Bonchev–Trinajstić information content (AvgIpc) is 2.30. The van der Waals surface area contributed by atoms with E-state index in [2.05, 4.69) is 5.10 Å². The van der Waals surface area contributed by atoms with Crippen LogP contribution in [0.5, 0.6) is 0 Å². The molecule has 0 aliphatic heterocycles. The minimum absolute atomic E-state index is 0.202. The summed E-state index contributed by atoms with van der Waals surface area (Å²) in [4.78, 5) is 0. The number of alkyl halides is 3.